The van der Waals surface area contributed by atoms with Crippen molar-refractivity contribution in [1.82, 2.24) is 0 Å². The fraction of sp³-hybridized carbons (Fsp3) is 0.800. The van der Waals surface area contributed by atoms with Gasteiger partial charge in [0, 0.05) is 6.42 Å². The van der Waals surface area contributed by atoms with Crippen LogP contribution in [0.3, 0.4) is 0 Å². The van der Waals surface area contributed by atoms with E-state index in [4.69, 9.17) is 0 Å². The third kappa shape index (κ3) is 0.816. The highest BCUT2D eigenvalue weighted by Crippen LogP contribution is 1.78. The molecule has 1 aliphatic rings. The number of quaternary nitrogens is 1. The molecule has 0 aromatic rings. The van der Waals surface area contributed by atoms with Gasteiger partial charge in [-0.1, -0.05) is 0 Å². The van der Waals surface area contributed by atoms with Crippen molar-refractivity contribution in [3.63, 3.8) is 0 Å². The number of likely N-dealkylation sites (tertiary alicyclic amines) is 1. The smallest absolute Gasteiger partial charge is 0.423 e. The number of methoxy groups -OCH3 is 1. The molecule has 0 radical (unpaired) electrons. The van der Waals surface area contributed by atoms with Crippen LogP contribution < -0.4 is 4.90 Å². The summed E-state index contributed by atoms with van der Waals surface area (Å²) in [6, 6.07) is 0. The van der Waals surface area contributed by atoms with E-state index in [-0.39, 0.29) is 6.09 Å². The van der Waals surface area contributed by atoms with E-state index in [1.165, 1.54) is 7.11 Å². The topological polar surface area (TPSA) is 30.7 Å². The minimum atomic E-state index is -0.115. The molecule has 0 aromatic heterocycles. The lowest BCUT2D eigenvalue weighted by Gasteiger charge is -2.21. The van der Waals surface area contributed by atoms with Crippen LogP contribution in [0, 0.1) is 0 Å². The van der Waals surface area contributed by atoms with Gasteiger partial charge in [-0.2, -0.15) is 4.79 Å². The lowest BCUT2D eigenvalue weighted by Crippen LogP contribution is -3.20. The van der Waals surface area contributed by atoms with Gasteiger partial charge in [-0.25, -0.2) is 4.90 Å². The van der Waals surface area contributed by atoms with Gasteiger partial charge in [-0.05, 0) is 0 Å². The Morgan fingerprint density at radius 2 is 2.25 bits per heavy atom. The molecule has 0 bridgehead atoms. The quantitative estimate of drug-likeness (QED) is 0.442. The van der Waals surface area contributed by atoms with Crippen LogP contribution >= 0.6 is 0 Å². The van der Waals surface area contributed by atoms with Gasteiger partial charge in [0.25, 0.3) is 0 Å². The van der Waals surface area contributed by atoms with Crippen LogP contribution in [0.25, 0.3) is 0 Å². The molecule has 0 aliphatic carbocycles. The van der Waals surface area contributed by atoms with Gasteiger partial charge in [0.2, 0.25) is 0 Å². The number of ether oxygens (including phenoxy) is 1. The fourth-order valence-corrected chi connectivity index (χ4v) is 0.702. The van der Waals surface area contributed by atoms with Crippen molar-refractivity contribution in [2.75, 3.05) is 20.2 Å². The Labute approximate surface area is 48.2 Å². The Morgan fingerprint density at radius 3 is 2.38 bits per heavy atom. The van der Waals surface area contributed by atoms with E-state index in [2.05, 4.69) is 4.74 Å². The zero-order valence-corrected chi connectivity index (χ0v) is 4.94. The third-order valence-corrected chi connectivity index (χ3v) is 1.43. The highest BCUT2D eigenvalue weighted by Gasteiger charge is 2.26. The third-order valence-electron chi connectivity index (χ3n) is 1.43. The summed E-state index contributed by atoms with van der Waals surface area (Å²) in [6.45, 7) is 1.90. The average molecular weight is 116 g/mol. The van der Waals surface area contributed by atoms with Gasteiger partial charge in [-0.15, -0.1) is 0 Å². The van der Waals surface area contributed by atoms with Crippen molar-refractivity contribution in [3.05, 3.63) is 0 Å². The van der Waals surface area contributed by atoms with E-state index in [0.717, 1.165) is 24.4 Å². The van der Waals surface area contributed by atoms with Crippen LogP contribution in [0.15, 0.2) is 0 Å². The first-order chi connectivity index (χ1) is 3.84. The predicted molar refractivity (Wildman–Crippen MR) is 27.7 cm³/mol. The molecule has 1 rings (SSSR count). The monoisotopic (exact) mass is 116 g/mol. The molecule has 1 N–H and O–H groups in total. The van der Waals surface area contributed by atoms with Gasteiger partial charge in [0.15, 0.2) is 0 Å². The number of alkyl carbamates (subject to hydrolysis) is 2. The van der Waals surface area contributed by atoms with E-state index in [0.29, 0.717) is 0 Å². The van der Waals surface area contributed by atoms with Gasteiger partial charge in [-0.3, -0.25) is 0 Å². The van der Waals surface area contributed by atoms with Crippen molar-refractivity contribution < 1.29 is 14.4 Å². The number of amides is 1. The summed E-state index contributed by atoms with van der Waals surface area (Å²) in [5.41, 5.74) is 0. The van der Waals surface area contributed by atoms with Crippen LogP contribution in [-0.4, -0.2) is 26.3 Å². The number of nitrogens with one attached hydrogen (secondary N) is 1. The Morgan fingerprint density at radius 1 is 1.62 bits per heavy atom. The van der Waals surface area contributed by atoms with Crippen molar-refractivity contribution in [2.45, 2.75) is 6.42 Å². The molecule has 3 heteroatoms. The van der Waals surface area contributed by atoms with Crippen LogP contribution in [0.1, 0.15) is 6.42 Å². The van der Waals surface area contributed by atoms with Gasteiger partial charge < -0.3 is 4.74 Å². The number of rotatable bonds is 0. The largest absolute Gasteiger partial charge is 0.514 e. The van der Waals surface area contributed by atoms with Crippen LogP contribution in [0.5, 0.6) is 0 Å². The second-order valence-electron chi connectivity index (χ2n) is 1.95. The highest BCUT2D eigenvalue weighted by atomic mass is 16.5. The molecule has 8 heavy (non-hydrogen) atoms. The average Bonchev–Trinajstić information content (AvgIpc) is 1.62. The summed E-state index contributed by atoms with van der Waals surface area (Å²) >= 11 is 0. The molecule has 0 saturated carbocycles. The molecule has 3 nitrogen and oxygen atoms in total. The van der Waals surface area contributed by atoms with Crippen LogP contribution in [0.4, 0.5) is 4.79 Å². The summed E-state index contributed by atoms with van der Waals surface area (Å²) in [6.07, 6.45) is 1.04. The standard InChI is InChI=1S/C5H9NO2/c1-8-5(7)6-3-2-4-6/h2-4H2,1H3/p+1. The SMILES string of the molecule is COC(=O)[NH+]1CCC1. The second-order valence-corrected chi connectivity index (χ2v) is 1.95. The number of carbonyl (C=O) groups excluding carboxylic acids is 1. The summed E-state index contributed by atoms with van der Waals surface area (Å²) in [5, 5.41) is 0. The molecule has 0 aromatic carbocycles. The Balaban J connectivity index is 2.24. The van der Waals surface area contributed by atoms with Crippen LogP contribution in [-0.2, 0) is 4.74 Å². The normalized spacial score (nSPS) is 19.6. The van der Waals surface area contributed by atoms with E-state index >= 15 is 0 Å². The molecule has 46 valence electrons. The first kappa shape index (κ1) is 5.56. The zero-order chi connectivity index (χ0) is 5.98. The maximum Gasteiger partial charge on any atom is 0.514 e. The van der Waals surface area contributed by atoms with Crippen molar-refractivity contribution in [2.24, 2.45) is 0 Å². The lowest BCUT2D eigenvalue weighted by molar-refractivity contribution is -0.865. The molecule has 1 fully saturated rings. The maximum atomic E-state index is 10.5. The van der Waals surface area contributed by atoms with E-state index in [1.54, 1.807) is 0 Å². The maximum absolute atomic E-state index is 10.5. The minimum Gasteiger partial charge on any atom is -0.423 e. The fourth-order valence-electron chi connectivity index (χ4n) is 0.702. The molecule has 0 spiro atoms. The van der Waals surface area contributed by atoms with Gasteiger partial charge >= 0.3 is 6.09 Å². The van der Waals surface area contributed by atoms with Gasteiger partial charge in [0.05, 0.1) is 20.2 Å². The first-order valence-corrected chi connectivity index (χ1v) is 2.77. The van der Waals surface area contributed by atoms with E-state index in [9.17, 15) is 4.79 Å². The summed E-state index contributed by atoms with van der Waals surface area (Å²) in [5.74, 6) is 0. The van der Waals surface area contributed by atoms with E-state index < -0.39 is 0 Å². The van der Waals surface area contributed by atoms with Crippen LogP contribution in [0.2, 0.25) is 0 Å². The second kappa shape index (κ2) is 2.13. The Bertz CT molecular complexity index is 98.6. The first-order valence-electron chi connectivity index (χ1n) is 2.77. The molecule has 1 amide bonds. The Hall–Kier alpha value is -0.570. The van der Waals surface area contributed by atoms with Crippen molar-refractivity contribution in [1.29, 1.82) is 0 Å². The number of carbonyl (C=O) groups is 1. The molecule has 1 saturated heterocycles. The molecule has 0 atom stereocenters. The zero-order valence-electron chi connectivity index (χ0n) is 4.94. The molecule has 1 aliphatic heterocycles. The Kier molecular flexibility index (Phi) is 1.48. The predicted octanol–water partition coefficient (Wildman–Crippen LogP) is -0.959. The molecule has 0 unspecified atom stereocenters. The highest BCUT2D eigenvalue weighted by molar-refractivity contribution is 5.56. The molecular formula is C5H10NO2+. The number of hydrogen-bond donors (Lipinski definition) is 1. The van der Waals surface area contributed by atoms with Crippen molar-refractivity contribution >= 4 is 6.09 Å². The molecular weight excluding hydrogens is 106 g/mol. The summed E-state index contributed by atoms with van der Waals surface area (Å²) in [7, 11) is 1.42. The molecule has 1 heterocycles. The van der Waals surface area contributed by atoms with Gasteiger partial charge in [0.1, 0.15) is 0 Å². The van der Waals surface area contributed by atoms with Crippen molar-refractivity contribution in [3.8, 4) is 0 Å². The summed E-state index contributed by atoms with van der Waals surface area (Å²) < 4.78 is 4.48. The summed E-state index contributed by atoms with van der Waals surface area (Å²) in [4.78, 5) is 11.5. The van der Waals surface area contributed by atoms with E-state index in [1.807, 2.05) is 0 Å². The number of hydrogen-bond acceptors (Lipinski definition) is 2. The lowest BCUT2D eigenvalue weighted by atomic mass is 10.2. The minimum absolute atomic E-state index is 0.115.